The first-order chi connectivity index (χ1) is 9.00. The van der Waals surface area contributed by atoms with Crippen LogP contribution in [0.4, 0.5) is 4.79 Å². The first kappa shape index (κ1) is 15.5. The maximum Gasteiger partial charge on any atom is 0.315 e. The van der Waals surface area contributed by atoms with Gasteiger partial charge in [0.2, 0.25) is 0 Å². The van der Waals surface area contributed by atoms with Gasteiger partial charge in [-0.2, -0.15) is 11.3 Å². The second-order valence-corrected chi connectivity index (χ2v) is 5.31. The van der Waals surface area contributed by atoms with Gasteiger partial charge < -0.3 is 15.7 Å². The van der Waals surface area contributed by atoms with E-state index in [-0.39, 0.29) is 11.9 Å². The number of rotatable bonds is 7. The fraction of sp³-hybridized carbons (Fsp3) is 0.538. The minimum absolute atomic E-state index is 0.214. The predicted molar refractivity (Wildman–Crippen MR) is 75.3 cm³/mol. The zero-order valence-electron chi connectivity index (χ0n) is 11.2. The molecule has 1 atom stereocenters. The summed E-state index contributed by atoms with van der Waals surface area (Å²) < 4.78 is 0. The predicted octanol–water partition coefficient (Wildman–Crippen LogP) is 2.36. The van der Waals surface area contributed by atoms with Crippen molar-refractivity contribution in [3.8, 4) is 0 Å². The molecule has 0 fully saturated rings. The minimum atomic E-state index is -0.794. The molecule has 19 heavy (non-hydrogen) atoms. The Labute approximate surface area is 117 Å². The van der Waals surface area contributed by atoms with E-state index in [1.165, 1.54) is 5.56 Å². The van der Waals surface area contributed by atoms with Crippen LogP contribution in [0, 0.1) is 12.8 Å². The Morgan fingerprint density at radius 1 is 1.37 bits per heavy atom. The van der Waals surface area contributed by atoms with Crippen molar-refractivity contribution in [3.63, 3.8) is 0 Å². The molecule has 1 rings (SSSR count). The van der Waals surface area contributed by atoms with Gasteiger partial charge >= 0.3 is 12.0 Å². The minimum Gasteiger partial charge on any atom is -0.481 e. The quantitative estimate of drug-likeness (QED) is 0.673. The fourth-order valence-corrected chi connectivity index (χ4v) is 2.40. The third-order valence-corrected chi connectivity index (χ3v) is 3.83. The second-order valence-electron chi connectivity index (χ2n) is 4.57. The molecule has 5 nitrogen and oxygen atoms in total. The summed E-state index contributed by atoms with van der Waals surface area (Å²) in [4.78, 5) is 22.1. The van der Waals surface area contributed by atoms with Crippen LogP contribution in [0.15, 0.2) is 10.8 Å². The van der Waals surface area contributed by atoms with Crippen LogP contribution in [-0.2, 0) is 11.3 Å². The van der Waals surface area contributed by atoms with Crippen molar-refractivity contribution in [1.82, 2.24) is 10.6 Å². The SMILES string of the molecule is Cc1cscc1CNC(=O)NCCCC(C)C(=O)O. The monoisotopic (exact) mass is 284 g/mol. The highest BCUT2D eigenvalue weighted by molar-refractivity contribution is 7.08. The summed E-state index contributed by atoms with van der Waals surface area (Å²) in [5, 5.41) is 18.3. The summed E-state index contributed by atoms with van der Waals surface area (Å²) in [7, 11) is 0. The molecule has 0 saturated heterocycles. The lowest BCUT2D eigenvalue weighted by atomic mass is 10.1. The molecule has 0 aliphatic heterocycles. The zero-order chi connectivity index (χ0) is 14.3. The lowest BCUT2D eigenvalue weighted by Crippen LogP contribution is -2.35. The van der Waals surface area contributed by atoms with Crippen LogP contribution in [0.5, 0.6) is 0 Å². The van der Waals surface area contributed by atoms with Crippen molar-refractivity contribution >= 4 is 23.3 Å². The number of nitrogens with one attached hydrogen (secondary N) is 2. The number of aliphatic carboxylic acids is 1. The average molecular weight is 284 g/mol. The molecule has 0 aliphatic carbocycles. The van der Waals surface area contributed by atoms with E-state index in [9.17, 15) is 9.59 Å². The first-order valence-corrected chi connectivity index (χ1v) is 7.21. The number of urea groups is 1. The molecule has 6 heteroatoms. The van der Waals surface area contributed by atoms with Gasteiger partial charge in [0.1, 0.15) is 0 Å². The van der Waals surface area contributed by atoms with Gasteiger partial charge in [-0.1, -0.05) is 6.92 Å². The molecule has 2 amide bonds. The molecule has 0 spiro atoms. The van der Waals surface area contributed by atoms with Crippen LogP contribution >= 0.6 is 11.3 Å². The zero-order valence-corrected chi connectivity index (χ0v) is 12.0. The Morgan fingerprint density at radius 2 is 2.11 bits per heavy atom. The van der Waals surface area contributed by atoms with Crippen molar-refractivity contribution in [2.75, 3.05) is 6.54 Å². The normalized spacial score (nSPS) is 11.9. The van der Waals surface area contributed by atoms with E-state index < -0.39 is 5.97 Å². The molecular weight excluding hydrogens is 264 g/mol. The number of carbonyl (C=O) groups excluding carboxylic acids is 1. The number of carboxylic acid groups (broad SMARTS) is 1. The highest BCUT2D eigenvalue weighted by Crippen LogP contribution is 2.12. The highest BCUT2D eigenvalue weighted by atomic mass is 32.1. The van der Waals surface area contributed by atoms with E-state index >= 15 is 0 Å². The van der Waals surface area contributed by atoms with Gasteiger partial charge in [0.05, 0.1) is 5.92 Å². The molecule has 0 saturated carbocycles. The van der Waals surface area contributed by atoms with E-state index in [2.05, 4.69) is 10.6 Å². The Hall–Kier alpha value is -1.56. The van der Waals surface area contributed by atoms with Gasteiger partial charge in [0, 0.05) is 13.1 Å². The molecule has 0 aromatic carbocycles. The number of carboxylic acids is 1. The van der Waals surface area contributed by atoms with Crippen LogP contribution in [0.3, 0.4) is 0 Å². The molecule has 0 bridgehead atoms. The molecule has 1 aromatic heterocycles. The summed E-state index contributed by atoms with van der Waals surface area (Å²) >= 11 is 1.62. The number of hydrogen-bond acceptors (Lipinski definition) is 3. The van der Waals surface area contributed by atoms with Crippen molar-refractivity contribution in [2.24, 2.45) is 5.92 Å². The van der Waals surface area contributed by atoms with Crippen molar-refractivity contribution in [1.29, 1.82) is 0 Å². The van der Waals surface area contributed by atoms with Crippen molar-refractivity contribution in [2.45, 2.75) is 33.2 Å². The van der Waals surface area contributed by atoms with E-state index in [1.807, 2.05) is 17.7 Å². The summed E-state index contributed by atoms with van der Waals surface area (Å²) in [6.45, 7) is 4.69. The van der Waals surface area contributed by atoms with E-state index in [0.29, 0.717) is 25.9 Å². The van der Waals surface area contributed by atoms with Crippen LogP contribution in [-0.4, -0.2) is 23.7 Å². The van der Waals surface area contributed by atoms with Crippen LogP contribution in [0.1, 0.15) is 30.9 Å². The van der Waals surface area contributed by atoms with Gasteiger partial charge in [-0.3, -0.25) is 4.79 Å². The number of amides is 2. The average Bonchev–Trinajstić information content (AvgIpc) is 2.77. The van der Waals surface area contributed by atoms with Crippen molar-refractivity contribution < 1.29 is 14.7 Å². The first-order valence-electron chi connectivity index (χ1n) is 6.27. The molecule has 106 valence electrons. The maximum atomic E-state index is 11.5. The molecule has 0 aliphatic rings. The highest BCUT2D eigenvalue weighted by Gasteiger charge is 2.10. The summed E-state index contributed by atoms with van der Waals surface area (Å²) in [5.41, 5.74) is 2.31. The lowest BCUT2D eigenvalue weighted by Gasteiger charge is -2.09. The van der Waals surface area contributed by atoms with Crippen molar-refractivity contribution in [3.05, 3.63) is 21.9 Å². The standard InChI is InChI=1S/C13H20N2O3S/c1-9(12(16)17)4-3-5-14-13(18)15-6-11-8-19-7-10(11)2/h7-9H,3-6H2,1-2H3,(H,16,17)(H2,14,15,18). The van der Waals surface area contributed by atoms with E-state index in [1.54, 1.807) is 18.3 Å². The Balaban J connectivity index is 2.12. The van der Waals surface area contributed by atoms with Gasteiger partial charge in [-0.05, 0) is 41.7 Å². The van der Waals surface area contributed by atoms with Gasteiger partial charge in [0.25, 0.3) is 0 Å². The number of aryl methyl sites for hydroxylation is 1. The number of carbonyl (C=O) groups is 2. The fourth-order valence-electron chi connectivity index (χ4n) is 1.54. The van der Waals surface area contributed by atoms with E-state index in [0.717, 1.165) is 5.56 Å². The van der Waals surface area contributed by atoms with Gasteiger partial charge in [-0.25, -0.2) is 4.79 Å². The Kier molecular flexibility index (Phi) is 6.35. The summed E-state index contributed by atoms with van der Waals surface area (Å²) in [5.74, 6) is -1.16. The lowest BCUT2D eigenvalue weighted by molar-refractivity contribution is -0.141. The van der Waals surface area contributed by atoms with Gasteiger partial charge in [0.15, 0.2) is 0 Å². The smallest absolute Gasteiger partial charge is 0.315 e. The number of hydrogen-bond donors (Lipinski definition) is 3. The molecular formula is C13H20N2O3S. The van der Waals surface area contributed by atoms with Crippen LogP contribution in [0.2, 0.25) is 0 Å². The second kappa shape index (κ2) is 7.78. The molecule has 1 unspecified atom stereocenters. The third kappa shape index (κ3) is 5.74. The topological polar surface area (TPSA) is 78.4 Å². The van der Waals surface area contributed by atoms with Crippen LogP contribution < -0.4 is 10.6 Å². The Bertz CT molecular complexity index is 431. The molecule has 1 heterocycles. The maximum absolute atomic E-state index is 11.5. The number of thiophene rings is 1. The Morgan fingerprint density at radius 3 is 2.68 bits per heavy atom. The third-order valence-electron chi connectivity index (χ3n) is 2.92. The van der Waals surface area contributed by atoms with E-state index in [4.69, 9.17) is 5.11 Å². The van der Waals surface area contributed by atoms with Gasteiger partial charge in [-0.15, -0.1) is 0 Å². The summed E-state index contributed by atoms with van der Waals surface area (Å²) in [6.07, 6.45) is 1.23. The summed E-state index contributed by atoms with van der Waals surface area (Å²) in [6, 6.07) is -0.214. The largest absolute Gasteiger partial charge is 0.481 e. The molecule has 3 N–H and O–H groups in total. The molecule has 1 aromatic rings. The molecule has 0 radical (unpaired) electrons. The van der Waals surface area contributed by atoms with Crippen LogP contribution in [0.25, 0.3) is 0 Å².